The summed E-state index contributed by atoms with van der Waals surface area (Å²) in [4.78, 5) is 24.2. The monoisotopic (exact) mass is 356 g/mol. The molecule has 2 rings (SSSR count). The highest BCUT2D eigenvalue weighted by Gasteiger charge is 2.13. The topological polar surface area (TPSA) is 76.0 Å². The molecule has 0 fully saturated rings. The van der Waals surface area contributed by atoms with Crippen molar-refractivity contribution < 1.29 is 9.59 Å². The molecule has 1 aromatic carbocycles. The lowest BCUT2D eigenvalue weighted by Gasteiger charge is -2.13. The van der Waals surface area contributed by atoms with Gasteiger partial charge in [0, 0.05) is 24.8 Å². The van der Waals surface area contributed by atoms with Crippen LogP contribution in [0.5, 0.6) is 0 Å². The molecule has 0 aliphatic carbocycles. The van der Waals surface area contributed by atoms with E-state index in [0.717, 1.165) is 39.3 Å². The Kier molecular flexibility index (Phi) is 6.18. The van der Waals surface area contributed by atoms with E-state index in [1.54, 1.807) is 0 Å². The second kappa shape index (κ2) is 8.17. The van der Waals surface area contributed by atoms with Crippen LogP contribution in [0.3, 0.4) is 0 Å². The van der Waals surface area contributed by atoms with Crippen molar-refractivity contribution in [1.82, 2.24) is 15.1 Å². The minimum atomic E-state index is -0.220. The molecule has 0 spiro atoms. The molecule has 140 valence electrons. The van der Waals surface area contributed by atoms with E-state index < -0.39 is 0 Å². The molecule has 2 aromatic rings. The van der Waals surface area contributed by atoms with Gasteiger partial charge in [-0.1, -0.05) is 17.7 Å². The van der Waals surface area contributed by atoms with Gasteiger partial charge < -0.3 is 10.6 Å². The molecule has 6 heteroatoms. The fourth-order valence-electron chi connectivity index (χ4n) is 3.25. The van der Waals surface area contributed by atoms with Crippen LogP contribution >= 0.6 is 0 Å². The molecule has 2 amide bonds. The quantitative estimate of drug-likeness (QED) is 0.835. The molecule has 0 bridgehead atoms. The lowest BCUT2D eigenvalue weighted by molar-refractivity contribution is -0.124. The minimum Gasteiger partial charge on any atom is -0.347 e. The maximum atomic E-state index is 12.2. The van der Waals surface area contributed by atoms with E-state index in [2.05, 4.69) is 15.7 Å². The van der Waals surface area contributed by atoms with Crippen LogP contribution in [0, 0.1) is 34.6 Å². The van der Waals surface area contributed by atoms with Gasteiger partial charge in [0.05, 0.1) is 12.2 Å². The number of amides is 2. The number of rotatable bonds is 6. The van der Waals surface area contributed by atoms with Gasteiger partial charge in [-0.15, -0.1) is 0 Å². The van der Waals surface area contributed by atoms with Crippen LogP contribution in [0.25, 0.3) is 0 Å². The summed E-state index contributed by atoms with van der Waals surface area (Å²) < 4.78 is 1.82. The van der Waals surface area contributed by atoms with Crippen LogP contribution in [0.15, 0.2) is 12.1 Å². The average molecular weight is 356 g/mol. The Morgan fingerprint density at radius 2 is 1.65 bits per heavy atom. The summed E-state index contributed by atoms with van der Waals surface area (Å²) in [7, 11) is 1.89. The van der Waals surface area contributed by atoms with Crippen molar-refractivity contribution in [2.24, 2.45) is 7.05 Å². The smallest absolute Gasteiger partial charge is 0.243 e. The zero-order valence-corrected chi connectivity index (χ0v) is 16.5. The number of aromatic nitrogens is 2. The molecule has 0 atom stereocenters. The van der Waals surface area contributed by atoms with Gasteiger partial charge in [-0.05, 0) is 57.7 Å². The predicted molar refractivity (Wildman–Crippen MR) is 103 cm³/mol. The highest BCUT2D eigenvalue weighted by molar-refractivity contribution is 5.95. The third-order valence-electron chi connectivity index (χ3n) is 4.65. The summed E-state index contributed by atoms with van der Waals surface area (Å²) in [5.41, 5.74) is 7.12. The number of anilines is 1. The first-order valence-corrected chi connectivity index (χ1v) is 8.82. The number of carbonyl (C=O) groups excluding carboxylic acids is 2. The Hall–Kier alpha value is -2.63. The van der Waals surface area contributed by atoms with Crippen LogP contribution in [0.1, 0.15) is 40.1 Å². The van der Waals surface area contributed by atoms with Crippen molar-refractivity contribution in [3.63, 3.8) is 0 Å². The van der Waals surface area contributed by atoms with Crippen LogP contribution in [0.4, 0.5) is 5.69 Å². The van der Waals surface area contributed by atoms with Gasteiger partial charge in [0.15, 0.2) is 0 Å². The van der Waals surface area contributed by atoms with Crippen LogP contribution < -0.4 is 10.6 Å². The Morgan fingerprint density at radius 1 is 1.04 bits per heavy atom. The summed E-state index contributed by atoms with van der Waals surface area (Å²) >= 11 is 0. The molecule has 26 heavy (non-hydrogen) atoms. The number of aryl methyl sites for hydroxylation is 5. The highest BCUT2D eigenvalue weighted by atomic mass is 16.2. The van der Waals surface area contributed by atoms with E-state index in [0.29, 0.717) is 12.8 Å². The molecule has 0 saturated heterocycles. The van der Waals surface area contributed by atoms with Crippen molar-refractivity contribution in [2.75, 3.05) is 11.9 Å². The Balaban J connectivity index is 1.85. The summed E-state index contributed by atoms with van der Waals surface area (Å²) in [6, 6.07) is 4.06. The van der Waals surface area contributed by atoms with E-state index >= 15 is 0 Å². The molecule has 1 aromatic heterocycles. The lowest BCUT2D eigenvalue weighted by atomic mass is 10.1. The third-order valence-corrected chi connectivity index (χ3v) is 4.65. The Morgan fingerprint density at radius 3 is 2.19 bits per heavy atom. The lowest BCUT2D eigenvalue weighted by Crippen LogP contribution is -2.33. The molecule has 6 nitrogen and oxygen atoms in total. The Bertz CT molecular complexity index is 814. The maximum Gasteiger partial charge on any atom is 0.243 e. The average Bonchev–Trinajstić information content (AvgIpc) is 2.79. The van der Waals surface area contributed by atoms with Gasteiger partial charge in [0.25, 0.3) is 0 Å². The van der Waals surface area contributed by atoms with Crippen LogP contribution in [-0.2, 0) is 23.1 Å². The normalized spacial score (nSPS) is 10.7. The molecule has 0 aliphatic rings. The minimum absolute atomic E-state index is 0.0312. The fraction of sp³-hybridized carbons (Fsp3) is 0.450. The second-order valence-corrected chi connectivity index (χ2v) is 6.87. The zero-order chi connectivity index (χ0) is 19.4. The largest absolute Gasteiger partial charge is 0.347 e. The van der Waals surface area contributed by atoms with Crippen molar-refractivity contribution in [3.8, 4) is 0 Å². The second-order valence-electron chi connectivity index (χ2n) is 6.87. The van der Waals surface area contributed by atoms with Crippen LogP contribution in [0.2, 0.25) is 0 Å². The first-order chi connectivity index (χ1) is 12.2. The van der Waals surface area contributed by atoms with Gasteiger partial charge in [-0.25, -0.2) is 0 Å². The number of nitrogens with zero attached hydrogens (tertiary/aromatic N) is 2. The molecule has 0 saturated carbocycles. The van der Waals surface area contributed by atoms with E-state index in [1.807, 2.05) is 58.5 Å². The zero-order valence-electron chi connectivity index (χ0n) is 16.5. The number of carbonyl (C=O) groups is 2. The van der Waals surface area contributed by atoms with Crippen molar-refractivity contribution in [2.45, 2.75) is 47.5 Å². The first kappa shape index (κ1) is 19.7. The van der Waals surface area contributed by atoms with Crippen molar-refractivity contribution in [3.05, 3.63) is 45.8 Å². The summed E-state index contributed by atoms with van der Waals surface area (Å²) in [6.45, 7) is 9.86. The first-order valence-electron chi connectivity index (χ1n) is 8.82. The molecular weight excluding hydrogens is 328 g/mol. The molecule has 0 unspecified atom stereocenters. The number of hydrogen-bond donors (Lipinski definition) is 2. The number of nitrogens with one attached hydrogen (secondary N) is 2. The summed E-state index contributed by atoms with van der Waals surface area (Å²) in [5.74, 6) is -0.359. The highest BCUT2D eigenvalue weighted by Crippen LogP contribution is 2.21. The SMILES string of the molecule is Cc1cc(C)c(NC(=O)CNC(=O)CCc2c(C)nn(C)c2C)c(C)c1. The van der Waals surface area contributed by atoms with Gasteiger partial charge in [-0.3, -0.25) is 14.3 Å². The fourth-order valence-corrected chi connectivity index (χ4v) is 3.25. The van der Waals surface area contributed by atoms with E-state index in [9.17, 15) is 9.59 Å². The van der Waals surface area contributed by atoms with Gasteiger partial charge in [-0.2, -0.15) is 5.10 Å². The number of hydrogen-bond acceptors (Lipinski definition) is 3. The van der Waals surface area contributed by atoms with Crippen molar-refractivity contribution in [1.29, 1.82) is 0 Å². The third kappa shape index (κ3) is 4.71. The Labute approximate surface area is 155 Å². The van der Waals surface area contributed by atoms with Gasteiger partial charge in [0.2, 0.25) is 11.8 Å². The maximum absolute atomic E-state index is 12.2. The van der Waals surface area contributed by atoms with Crippen molar-refractivity contribution >= 4 is 17.5 Å². The van der Waals surface area contributed by atoms with Gasteiger partial charge in [0.1, 0.15) is 0 Å². The standard InChI is InChI=1S/C20H28N4O2/c1-12-9-13(2)20(14(3)10-12)22-19(26)11-21-18(25)8-7-17-15(4)23-24(6)16(17)5/h9-10H,7-8,11H2,1-6H3,(H,21,25)(H,22,26). The summed E-state index contributed by atoms with van der Waals surface area (Å²) in [5, 5.41) is 9.93. The molecule has 1 heterocycles. The molecule has 2 N–H and O–H groups in total. The van der Waals surface area contributed by atoms with Gasteiger partial charge >= 0.3 is 0 Å². The van der Waals surface area contributed by atoms with E-state index in [4.69, 9.17) is 0 Å². The van der Waals surface area contributed by atoms with E-state index in [-0.39, 0.29) is 18.4 Å². The molecular formula is C20H28N4O2. The number of benzene rings is 1. The summed E-state index contributed by atoms with van der Waals surface area (Å²) in [6.07, 6.45) is 0.957. The predicted octanol–water partition coefficient (Wildman–Crippen LogP) is 2.65. The molecule has 0 aliphatic heterocycles. The van der Waals surface area contributed by atoms with E-state index in [1.165, 1.54) is 0 Å². The van der Waals surface area contributed by atoms with Crippen LogP contribution in [-0.4, -0.2) is 28.1 Å². The molecule has 0 radical (unpaired) electrons.